The molecular formula is C14H14N2O3. The summed E-state index contributed by atoms with van der Waals surface area (Å²) in [6.07, 6.45) is 0.778. The SMILES string of the molecule is N#CCCN1CC(O)(CC=O)c2ccccc2C1=O. The van der Waals surface area contributed by atoms with E-state index in [9.17, 15) is 14.7 Å². The smallest absolute Gasteiger partial charge is 0.254 e. The molecule has 98 valence electrons. The van der Waals surface area contributed by atoms with Crippen molar-refractivity contribution in [1.82, 2.24) is 4.90 Å². The fourth-order valence-corrected chi connectivity index (χ4v) is 2.40. The van der Waals surface area contributed by atoms with Gasteiger partial charge in [-0.05, 0) is 11.6 Å². The van der Waals surface area contributed by atoms with Gasteiger partial charge in [0.25, 0.3) is 5.91 Å². The van der Waals surface area contributed by atoms with Gasteiger partial charge in [0.05, 0.1) is 19.0 Å². The van der Waals surface area contributed by atoms with Crippen molar-refractivity contribution in [1.29, 1.82) is 5.26 Å². The normalized spacial score (nSPS) is 21.7. The van der Waals surface area contributed by atoms with Crippen LogP contribution in [0.25, 0.3) is 0 Å². The largest absolute Gasteiger partial charge is 0.383 e. The molecule has 0 saturated carbocycles. The van der Waals surface area contributed by atoms with Crippen molar-refractivity contribution in [3.05, 3.63) is 35.4 Å². The number of carbonyl (C=O) groups excluding carboxylic acids is 2. The Balaban J connectivity index is 2.42. The summed E-state index contributed by atoms with van der Waals surface area (Å²) in [7, 11) is 0. The van der Waals surface area contributed by atoms with Gasteiger partial charge in [-0.25, -0.2) is 0 Å². The first-order chi connectivity index (χ1) is 9.12. The molecule has 19 heavy (non-hydrogen) atoms. The van der Waals surface area contributed by atoms with Crippen LogP contribution < -0.4 is 0 Å². The third-order valence-electron chi connectivity index (χ3n) is 3.31. The monoisotopic (exact) mass is 258 g/mol. The van der Waals surface area contributed by atoms with Crippen LogP contribution >= 0.6 is 0 Å². The van der Waals surface area contributed by atoms with Gasteiger partial charge in [0, 0.05) is 18.5 Å². The number of fused-ring (bicyclic) bond motifs is 1. The number of aliphatic hydroxyl groups is 1. The molecule has 1 unspecified atom stereocenters. The number of carbonyl (C=O) groups is 2. The van der Waals surface area contributed by atoms with Crippen LogP contribution in [0.1, 0.15) is 28.8 Å². The van der Waals surface area contributed by atoms with Gasteiger partial charge >= 0.3 is 0 Å². The molecule has 1 aliphatic rings. The Labute approximate surface area is 111 Å². The number of β-amino-alcohol motifs (C(OH)–C–C–N with tert-alkyl or cyclic N) is 1. The van der Waals surface area contributed by atoms with E-state index in [0.29, 0.717) is 17.4 Å². The molecule has 1 aliphatic heterocycles. The zero-order valence-electron chi connectivity index (χ0n) is 10.4. The maximum Gasteiger partial charge on any atom is 0.254 e. The molecule has 1 atom stereocenters. The van der Waals surface area contributed by atoms with Gasteiger partial charge in [-0.3, -0.25) is 4.79 Å². The van der Waals surface area contributed by atoms with Crippen LogP contribution in [0, 0.1) is 11.3 Å². The van der Waals surface area contributed by atoms with Crippen molar-refractivity contribution < 1.29 is 14.7 Å². The zero-order valence-corrected chi connectivity index (χ0v) is 10.4. The van der Waals surface area contributed by atoms with Crippen LogP contribution in [0.2, 0.25) is 0 Å². The van der Waals surface area contributed by atoms with Crippen molar-refractivity contribution in [2.45, 2.75) is 18.4 Å². The summed E-state index contributed by atoms with van der Waals surface area (Å²) in [5.41, 5.74) is -0.474. The summed E-state index contributed by atoms with van der Waals surface area (Å²) < 4.78 is 0. The third kappa shape index (κ3) is 2.35. The van der Waals surface area contributed by atoms with Crippen molar-refractivity contribution in [3.8, 4) is 6.07 Å². The minimum atomic E-state index is -1.36. The molecule has 1 aromatic carbocycles. The molecule has 1 heterocycles. The Morgan fingerprint density at radius 1 is 1.47 bits per heavy atom. The first-order valence-corrected chi connectivity index (χ1v) is 6.04. The fraction of sp³-hybridized carbons (Fsp3) is 0.357. The summed E-state index contributed by atoms with van der Waals surface area (Å²) in [5.74, 6) is -0.207. The molecule has 1 N–H and O–H groups in total. The molecule has 0 aliphatic carbocycles. The molecule has 5 heteroatoms. The Kier molecular flexibility index (Phi) is 3.63. The molecule has 2 rings (SSSR count). The van der Waals surface area contributed by atoms with Crippen LogP contribution in [-0.2, 0) is 10.4 Å². The second-order valence-corrected chi connectivity index (χ2v) is 4.58. The van der Waals surface area contributed by atoms with E-state index in [-0.39, 0.29) is 31.8 Å². The van der Waals surface area contributed by atoms with Crippen LogP contribution in [0.4, 0.5) is 0 Å². The predicted molar refractivity (Wildman–Crippen MR) is 67.2 cm³/mol. The van der Waals surface area contributed by atoms with Gasteiger partial charge in [-0.1, -0.05) is 18.2 Å². The lowest BCUT2D eigenvalue weighted by molar-refractivity contribution is -0.113. The van der Waals surface area contributed by atoms with E-state index in [0.717, 1.165) is 0 Å². The van der Waals surface area contributed by atoms with Gasteiger partial charge < -0.3 is 14.8 Å². The van der Waals surface area contributed by atoms with Crippen molar-refractivity contribution >= 4 is 12.2 Å². The molecular weight excluding hydrogens is 244 g/mol. The number of amides is 1. The first-order valence-electron chi connectivity index (χ1n) is 6.04. The minimum absolute atomic E-state index is 0.0449. The minimum Gasteiger partial charge on any atom is -0.383 e. The molecule has 0 radical (unpaired) electrons. The van der Waals surface area contributed by atoms with Crippen molar-refractivity contribution in [3.63, 3.8) is 0 Å². The first kappa shape index (κ1) is 13.2. The Bertz CT molecular complexity index is 550. The molecule has 0 saturated heterocycles. The highest BCUT2D eigenvalue weighted by Gasteiger charge is 2.40. The van der Waals surface area contributed by atoms with Crippen LogP contribution in [0.15, 0.2) is 24.3 Å². The van der Waals surface area contributed by atoms with Crippen LogP contribution in [0.3, 0.4) is 0 Å². The highest BCUT2D eigenvalue weighted by Crippen LogP contribution is 2.33. The summed E-state index contributed by atoms with van der Waals surface area (Å²) >= 11 is 0. The lowest BCUT2D eigenvalue weighted by atomic mass is 9.83. The van der Waals surface area contributed by atoms with E-state index in [4.69, 9.17) is 5.26 Å². The zero-order chi connectivity index (χ0) is 13.9. The van der Waals surface area contributed by atoms with Crippen LogP contribution in [0.5, 0.6) is 0 Å². The molecule has 0 spiro atoms. The maximum absolute atomic E-state index is 12.2. The highest BCUT2D eigenvalue weighted by atomic mass is 16.3. The molecule has 0 fully saturated rings. The number of hydrogen-bond acceptors (Lipinski definition) is 4. The van der Waals surface area contributed by atoms with Crippen molar-refractivity contribution in [2.24, 2.45) is 0 Å². The number of rotatable bonds is 4. The second kappa shape index (κ2) is 5.21. The van der Waals surface area contributed by atoms with Gasteiger partial charge in [0.15, 0.2) is 0 Å². The van der Waals surface area contributed by atoms with Crippen molar-refractivity contribution in [2.75, 3.05) is 13.1 Å². The number of hydrogen-bond donors (Lipinski definition) is 1. The average Bonchev–Trinajstić information content (AvgIpc) is 2.42. The van der Waals surface area contributed by atoms with E-state index in [2.05, 4.69) is 0 Å². The summed E-state index contributed by atoms with van der Waals surface area (Å²) in [6.45, 7) is 0.300. The summed E-state index contributed by atoms with van der Waals surface area (Å²) in [4.78, 5) is 24.4. The maximum atomic E-state index is 12.2. The standard InChI is InChI=1S/C14H14N2O3/c15-7-3-8-16-10-14(19,6-9-17)12-5-2-1-4-11(12)13(16)18/h1-2,4-5,9,19H,3,6,8,10H2. The molecule has 1 amide bonds. The van der Waals surface area contributed by atoms with E-state index < -0.39 is 5.60 Å². The number of benzene rings is 1. The van der Waals surface area contributed by atoms with Gasteiger partial charge in [0.1, 0.15) is 11.9 Å². The number of nitrogens with zero attached hydrogens (tertiary/aromatic N) is 2. The Morgan fingerprint density at radius 2 is 2.21 bits per heavy atom. The topological polar surface area (TPSA) is 81.4 Å². The summed E-state index contributed by atoms with van der Waals surface area (Å²) in [6, 6.07) is 8.71. The van der Waals surface area contributed by atoms with E-state index in [1.165, 1.54) is 4.90 Å². The number of nitriles is 1. The fourth-order valence-electron chi connectivity index (χ4n) is 2.40. The average molecular weight is 258 g/mol. The summed E-state index contributed by atoms with van der Waals surface area (Å²) in [5, 5.41) is 19.2. The molecule has 0 aromatic heterocycles. The van der Waals surface area contributed by atoms with Gasteiger partial charge in [-0.15, -0.1) is 0 Å². The van der Waals surface area contributed by atoms with E-state index >= 15 is 0 Å². The van der Waals surface area contributed by atoms with Gasteiger partial charge in [-0.2, -0.15) is 5.26 Å². The lowest BCUT2D eigenvalue weighted by Crippen LogP contribution is -2.50. The second-order valence-electron chi connectivity index (χ2n) is 4.58. The highest BCUT2D eigenvalue weighted by molar-refractivity contribution is 5.97. The predicted octanol–water partition coefficient (Wildman–Crippen LogP) is 0.833. The van der Waals surface area contributed by atoms with Gasteiger partial charge in [0.2, 0.25) is 0 Å². The molecule has 1 aromatic rings. The van der Waals surface area contributed by atoms with E-state index in [1.54, 1.807) is 24.3 Å². The van der Waals surface area contributed by atoms with Crippen LogP contribution in [-0.4, -0.2) is 35.3 Å². The molecule has 5 nitrogen and oxygen atoms in total. The lowest BCUT2D eigenvalue weighted by Gasteiger charge is -2.39. The Morgan fingerprint density at radius 3 is 2.89 bits per heavy atom. The quantitative estimate of drug-likeness (QED) is 0.811. The number of aldehydes is 1. The molecule has 0 bridgehead atoms. The third-order valence-corrected chi connectivity index (χ3v) is 3.31. The Hall–Kier alpha value is -2.19. The van der Waals surface area contributed by atoms with E-state index in [1.807, 2.05) is 6.07 Å².